The number of nitriles is 1. The van der Waals surface area contributed by atoms with Gasteiger partial charge >= 0.3 is 0 Å². The maximum Gasteiger partial charge on any atom is 0.242 e. The zero-order valence-corrected chi connectivity index (χ0v) is 10.9. The van der Waals surface area contributed by atoms with Crippen molar-refractivity contribution in [1.82, 2.24) is 0 Å². The highest BCUT2D eigenvalue weighted by Gasteiger charge is 2.26. The number of benzene rings is 1. The van der Waals surface area contributed by atoms with Crippen molar-refractivity contribution in [2.75, 3.05) is 5.32 Å². The van der Waals surface area contributed by atoms with Crippen LogP contribution in [0.25, 0.3) is 0 Å². The van der Waals surface area contributed by atoms with Crippen molar-refractivity contribution in [3.05, 3.63) is 28.0 Å². The van der Waals surface area contributed by atoms with E-state index < -0.39 is 17.3 Å². The van der Waals surface area contributed by atoms with E-state index in [1.807, 2.05) is 6.07 Å². The van der Waals surface area contributed by atoms with Gasteiger partial charge in [0.1, 0.15) is 11.6 Å². The van der Waals surface area contributed by atoms with Crippen molar-refractivity contribution in [1.29, 1.82) is 5.26 Å². The number of hydrogen-bond acceptors (Lipinski definition) is 3. The lowest BCUT2D eigenvalue weighted by atomic mass is 10.0. The SMILES string of the molecule is CC(C)(Nc1ccc(C#N)c(Br)c1F)C(N)=O. The number of rotatable bonds is 3. The maximum absolute atomic E-state index is 13.8. The van der Waals surface area contributed by atoms with Crippen LogP contribution in [-0.4, -0.2) is 11.4 Å². The summed E-state index contributed by atoms with van der Waals surface area (Å²) in [4.78, 5) is 11.1. The first-order valence-corrected chi connectivity index (χ1v) is 5.55. The fraction of sp³-hybridized carbons (Fsp3) is 0.273. The Labute approximate surface area is 107 Å². The van der Waals surface area contributed by atoms with Crippen LogP contribution in [-0.2, 0) is 4.79 Å². The van der Waals surface area contributed by atoms with Crippen LogP contribution >= 0.6 is 15.9 Å². The van der Waals surface area contributed by atoms with Gasteiger partial charge in [-0.15, -0.1) is 0 Å². The van der Waals surface area contributed by atoms with Crippen LogP contribution in [0, 0.1) is 17.1 Å². The molecule has 1 amide bonds. The molecule has 0 atom stereocenters. The quantitative estimate of drug-likeness (QED) is 0.897. The summed E-state index contributed by atoms with van der Waals surface area (Å²) in [5, 5.41) is 11.4. The first kappa shape index (κ1) is 13.5. The van der Waals surface area contributed by atoms with Crippen molar-refractivity contribution in [2.45, 2.75) is 19.4 Å². The number of nitrogens with zero attached hydrogens (tertiary/aromatic N) is 1. The molecule has 6 heteroatoms. The molecular formula is C11H11BrFN3O. The molecule has 0 unspecified atom stereocenters. The van der Waals surface area contributed by atoms with E-state index in [4.69, 9.17) is 11.0 Å². The van der Waals surface area contributed by atoms with E-state index in [-0.39, 0.29) is 15.7 Å². The third-order valence-corrected chi connectivity index (χ3v) is 3.04. The molecule has 0 aliphatic carbocycles. The molecule has 1 rings (SSSR count). The molecule has 0 fully saturated rings. The molecule has 1 aromatic rings. The van der Waals surface area contributed by atoms with Crippen LogP contribution in [0.4, 0.5) is 10.1 Å². The number of amides is 1. The van der Waals surface area contributed by atoms with Gasteiger partial charge in [-0.2, -0.15) is 5.26 Å². The van der Waals surface area contributed by atoms with E-state index >= 15 is 0 Å². The van der Waals surface area contributed by atoms with Crippen LogP contribution in [0.2, 0.25) is 0 Å². The number of hydrogen-bond donors (Lipinski definition) is 2. The Morgan fingerprint density at radius 2 is 2.18 bits per heavy atom. The molecule has 90 valence electrons. The molecule has 0 bridgehead atoms. The number of halogens is 2. The number of carbonyl (C=O) groups is 1. The van der Waals surface area contributed by atoms with E-state index in [0.29, 0.717) is 0 Å². The van der Waals surface area contributed by atoms with Gasteiger partial charge in [0.2, 0.25) is 5.91 Å². The molecule has 3 N–H and O–H groups in total. The van der Waals surface area contributed by atoms with Crippen LogP contribution in [0.15, 0.2) is 16.6 Å². The molecule has 0 aliphatic heterocycles. The van der Waals surface area contributed by atoms with Crippen molar-refractivity contribution in [2.24, 2.45) is 5.73 Å². The fourth-order valence-corrected chi connectivity index (χ4v) is 1.57. The molecule has 0 heterocycles. The lowest BCUT2D eigenvalue weighted by Gasteiger charge is -2.24. The van der Waals surface area contributed by atoms with Gasteiger partial charge in [0, 0.05) is 0 Å². The Morgan fingerprint density at radius 3 is 2.65 bits per heavy atom. The zero-order chi connectivity index (χ0) is 13.2. The van der Waals surface area contributed by atoms with Gasteiger partial charge < -0.3 is 11.1 Å². The average molecular weight is 300 g/mol. The number of carbonyl (C=O) groups excluding carboxylic acids is 1. The summed E-state index contributed by atoms with van der Waals surface area (Å²) >= 11 is 2.98. The van der Waals surface area contributed by atoms with Crippen LogP contribution in [0.1, 0.15) is 19.4 Å². The molecule has 17 heavy (non-hydrogen) atoms. The van der Waals surface area contributed by atoms with Gasteiger partial charge in [-0.25, -0.2) is 4.39 Å². The van der Waals surface area contributed by atoms with Crippen molar-refractivity contribution >= 4 is 27.5 Å². The molecule has 0 radical (unpaired) electrons. The van der Waals surface area contributed by atoms with Gasteiger partial charge in [-0.1, -0.05) is 0 Å². The molecular weight excluding hydrogens is 289 g/mol. The second kappa shape index (κ2) is 4.72. The maximum atomic E-state index is 13.8. The summed E-state index contributed by atoms with van der Waals surface area (Å²) < 4.78 is 13.9. The van der Waals surface area contributed by atoms with Crippen molar-refractivity contribution in [3.8, 4) is 6.07 Å². The first-order valence-electron chi connectivity index (χ1n) is 4.76. The summed E-state index contributed by atoms with van der Waals surface area (Å²) in [6, 6.07) is 4.69. The molecule has 0 aliphatic rings. The van der Waals surface area contributed by atoms with E-state index in [9.17, 15) is 9.18 Å². The minimum absolute atomic E-state index is 0.0604. The second-order valence-electron chi connectivity index (χ2n) is 4.01. The smallest absolute Gasteiger partial charge is 0.242 e. The monoisotopic (exact) mass is 299 g/mol. The topological polar surface area (TPSA) is 78.9 Å². The first-order chi connectivity index (χ1) is 7.79. The van der Waals surface area contributed by atoms with Gasteiger partial charge in [0.15, 0.2) is 5.82 Å². The summed E-state index contributed by atoms with van der Waals surface area (Å²) in [7, 11) is 0. The lowest BCUT2D eigenvalue weighted by Crippen LogP contribution is -2.45. The summed E-state index contributed by atoms with van der Waals surface area (Å²) in [6.45, 7) is 3.09. The molecule has 0 aromatic heterocycles. The van der Waals surface area contributed by atoms with Crippen LogP contribution in [0.3, 0.4) is 0 Å². The van der Waals surface area contributed by atoms with E-state index in [1.165, 1.54) is 12.1 Å². The van der Waals surface area contributed by atoms with Gasteiger partial charge in [-0.3, -0.25) is 4.79 Å². The standard InChI is InChI=1S/C11H11BrFN3O/c1-11(2,10(15)17)16-7-4-3-6(5-14)8(12)9(7)13/h3-4,16H,1-2H3,(H2,15,17). The molecule has 0 spiro atoms. The average Bonchev–Trinajstić information content (AvgIpc) is 2.25. The Kier molecular flexibility index (Phi) is 3.73. The largest absolute Gasteiger partial charge is 0.369 e. The third-order valence-electron chi connectivity index (χ3n) is 2.27. The highest BCUT2D eigenvalue weighted by Crippen LogP contribution is 2.28. The summed E-state index contributed by atoms with van der Waals surface area (Å²) in [6.07, 6.45) is 0. The fourth-order valence-electron chi connectivity index (χ4n) is 1.13. The number of nitrogens with two attached hydrogens (primary N) is 1. The van der Waals surface area contributed by atoms with Crippen LogP contribution in [0.5, 0.6) is 0 Å². The molecule has 1 aromatic carbocycles. The number of nitrogens with one attached hydrogen (secondary N) is 1. The minimum Gasteiger partial charge on any atom is -0.369 e. The summed E-state index contributed by atoms with van der Waals surface area (Å²) in [5.74, 6) is -1.23. The van der Waals surface area contributed by atoms with Gasteiger partial charge in [-0.05, 0) is 41.9 Å². The number of primary amides is 1. The Bertz CT molecular complexity index is 508. The van der Waals surface area contributed by atoms with Crippen LogP contribution < -0.4 is 11.1 Å². The zero-order valence-electron chi connectivity index (χ0n) is 9.34. The minimum atomic E-state index is -1.07. The van der Waals surface area contributed by atoms with E-state index in [2.05, 4.69) is 21.2 Å². The molecule has 4 nitrogen and oxygen atoms in total. The normalized spacial score (nSPS) is 10.8. The predicted octanol–water partition coefficient (Wildman–Crippen LogP) is 2.14. The van der Waals surface area contributed by atoms with Crippen molar-refractivity contribution < 1.29 is 9.18 Å². The van der Waals surface area contributed by atoms with Gasteiger partial charge in [0.05, 0.1) is 15.7 Å². The highest BCUT2D eigenvalue weighted by atomic mass is 79.9. The Hall–Kier alpha value is -1.61. The van der Waals surface area contributed by atoms with Gasteiger partial charge in [0.25, 0.3) is 0 Å². The lowest BCUT2D eigenvalue weighted by molar-refractivity contribution is -0.121. The third kappa shape index (κ3) is 2.74. The number of anilines is 1. The molecule has 0 saturated carbocycles. The summed E-state index contributed by atoms with van der Waals surface area (Å²) in [5.41, 5.74) is 4.40. The Morgan fingerprint density at radius 1 is 1.59 bits per heavy atom. The Balaban J connectivity index is 3.15. The van der Waals surface area contributed by atoms with E-state index in [0.717, 1.165) is 0 Å². The van der Waals surface area contributed by atoms with Crippen molar-refractivity contribution in [3.63, 3.8) is 0 Å². The second-order valence-corrected chi connectivity index (χ2v) is 4.81. The highest BCUT2D eigenvalue weighted by molar-refractivity contribution is 9.10. The predicted molar refractivity (Wildman–Crippen MR) is 65.7 cm³/mol. The van der Waals surface area contributed by atoms with E-state index in [1.54, 1.807) is 13.8 Å². The molecule has 0 saturated heterocycles.